The van der Waals surface area contributed by atoms with E-state index in [1.165, 1.54) is 25.7 Å². The second-order valence-electron chi connectivity index (χ2n) is 4.99. The van der Waals surface area contributed by atoms with Gasteiger partial charge < -0.3 is 15.4 Å². The maximum absolute atomic E-state index is 11.7. The molecule has 2 rings (SSSR count). The van der Waals surface area contributed by atoms with Crippen molar-refractivity contribution in [2.45, 2.75) is 38.3 Å². The van der Waals surface area contributed by atoms with E-state index in [9.17, 15) is 4.79 Å². The highest BCUT2D eigenvalue weighted by atomic mass is 16.5. The molecule has 0 radical (unpaired) electrons. The Bertz CT molecular complexity index is 397. The van der Waals surface area contributed by atoms with Crippen LogP contribution in [0.15, 0.2) is 24.3 Å². The average molecular weight is 262 g/mol. The molecule has 0 unspecified atom stereocenters. The minimum atomic E-state index is 0.0581. The topological polar surface area (TPSA) is 50.4 Å². The highest BCUT2D eigenvalue weighted by molar-refractivity contribution is 5.78. The van der Waals surface area contributed by atoms with Crippen molar-refractivity contribution in [1.82, 2.24) is 10.6 Å². The number of rotatable bonds is 6. The van der Waals surface area contributed by atoms with E-state index in [2.05, 4.69) is 10.6 Å². The number of amides is 1. The van der Waals surface area contributed by atoms with Crippen LogP contribution in [0.2, 0.25) is 0 Å². The molecule has 1 amide bonds. The van der Waals surface area contributed by atoms with Crippen LogP contribution in [0.1, 0.15) is 31.2 Å². The summed E-state index contributed by atoms with van der Waals surface area (Å²) in [5.74, 6) is 0.890. The van der Waals surface area contributed by atoms with Crippen LogP contribution in [0.25, 0.3) is 0 Å². The molecular formula is C15H22N2O2. The van der Waals surface area contributed by atoms with Crippen molar-refractivity contribution in [3.05, 3.63) is 29.8 Å². The van der Waals surface area contributed by atoms with Crippen LogP contribution in [-0.4, -0.2) is 25.6 Å². The van der Waals surface area contributed by atoms with Crippen molar-refractivity contribution in [2.75, 3.05) is 13.7 Å². The van der Waals surface area contributed by atoms with E-state index in [4.69, 9.17) is 4.74 Å². The lowest BCUT2D eigenvalue weighted by Gasteiger charge is -2.11. The molecule has 0 atom stereocenters. The van der Waals surface area contributed by atoms with Crippen LogP contribution >= 0.6 is 0 Å². The number of hydrogen-bond donors (Lipinski definition) is 2. The molecule has 1 saturated carbocycles. The number of methoxy groups -OCH3 is 1. The molecule has 0 saturated heterocycles. The molecule has 1 aliphatic rings. The van der Waals surface area contributed by atoms with Gasteiger partial charge in [0.25, 0.3) is 0 Å². The first kappa shape index (κ1) is 13.9. The summed E-state index contributed by atoms with van der Waals surface area (Å²) < 4.78 is 5.09. The predicted octanol–water partition coefficient (Wildman–Crippen LogP) is 1.84. The SMILES string of the molecule is COc1ccc(CNC(=O)CNC2CCCC2)cc1. The van der Waals surface area contributed by atoms with Gasteiger partial charge in [-0.3, -0.25) is 4.79 Å². The summed E-state index contributed by atoms with van der Waals surface area (Å²) >= 11 is 0. The summed E-state index contributed by atoms with van der Waals surface area (Å²) in [6.07, 6.45) is 4.97. The Morgan fingerprint density at radius 3 is 2.58 bits per heavy atom. The van der Waals surface area contributed by atoms with Gasteiger partial charge in [0.05, 0.1) is 13.7 Å². The highest BCUT2D eigenvalue weighted by Gasteiger charge is 2.14. The van der Waals surface area contributed by atoms with Gasteiger partial charge in [0.15, 0.2) is 0 Å². The maximum atomic E-state index is 11.7. The van der Waals surface area contributed by atoms with Crippen molar-refractivity contribution in [3.63, 3.8) is 0 Å². The zero-order valence-electron chi connectivity index (χ0n) is 11.4. The number of ether oxygens (including phenoxy) is 1. The highest BCUT2D eigenvalue weighted by Crippen LogP contribution is 2.17. The number of carbonyl (C=O) groups is 1. The standard InChI is InChI=1S/C15H22N2O2/c1-19-14-8-6-12(7-9-14)10-17-15(18)11-16-13-4-2-3-5-13/h6-9,13,16H,2-5,10-11H2,1H3,(H,17,18). The first-order chi connectivity index (χ1) is 9.28. The number of hydrogen-bond acceptors (Lipinski definition) is 3. The van der Waals surface area contributed by atoms with Crippen molar-refractivity contribution < 1.29 is 9.53 Å². The van der Waals surface area contributed by atoms with Crippen LogP contribution in [-0.2, 0) is 11.3 Å². The molecule has 1 aromatic rings. The second kappa shape index (κ2) is 7.14. The van der Waals surface area contributed by atoms with Gasteiger partial charge in [-0.1, -0.05) is 25.0 Å². The lowest BCUT2D eigenvalue weighted by Crippen LogP contribution is -2.37. The Balaban J connectivity index is 1.67. The Morgan fingerprint density at radius 2 is 1.95 bits per heavy atom. The Labute approximate surface area is 114 Å². The van der Waals surface area contributed by atoms with E-state index in [1.54, 1.807) is 7.11 Å². The molecule has 2 N–H and O–H groups in total. The van der Waals surface area contributed by atoms with Crippen molar-refractivity contribution >= 4 is 5.91 Å². The van der Waals surface area contributed by atoms with E-state index in [0.717, 1.165) is 11.3 Å². The van der Waals surface area contributed by atoms with E-state index in [1.807, 2.05) is 24.3 Å². The fraction of sp³-hybridized carbons (Fsp3) is 0.533. The third kappa shape index (κ3) is 4.56. The van der Waals surface area contributed by atoms with E-state index in [0.29, 0.717) is 19.1 Å². The predicted molar refractivity (Wildman–Crippen MR) is 75.1 cm³/mol. The normalized spacial score (nSPS) is 15.4. The van der Waals surface area contributed by atoms with Gasteiger partial charge in [-0.2, -0.15) is 0 Å². The van der Waals surface area contributed by atoms with Gasteiger partial charge in [-0.15, -0.1) is 0 Å². The summed E-state index contributed by atoms with van der Waals surface area (Å²) in [6.45, 7) is 0.982. The third-order valence-corrected chi connectivity index (χ3v) is 3.56. The molecule has 0 heterocycles. The summed E-state index contributed by atoms with van der Waals surface area (Å²) in [5, 5.41) is 6.22. The van der Waals surface area contributed by atoms with E-state index < -0.39 is 0 Å². The quantitative estimate of drug-likeness (QED) is 0.822. The van der Waals surface area contributed by atoms with Crippen molar-refractivity contribution in [2.24, 2.45) is 0 Å². The lowest BCUT2D eigenvalue weighted by atomic mass is 10.2. The Morgan fingerprint density at radius 1 is 1.26 bits per heavy atom. The molecule has 19 heavy (non-hydrogen) atoms. The molecule has 0 spiro atoms. The van der Waals surface area contributed by atoms with Gasteiger partial charge in [0.2, 0.25) is 5.91 Å². The fourth-order valence-corrected chi connectivity index (χ4v) is 2.37. The third-order valence-electron chi connectivity index (χ3n) is 3.56. The van der Waals surface area contributed by atoms with Gasteiger partial charge >= 0.3 is 0 Å². The number of benzene rings is 1. The van der Waals surface area contributed by atoms with Gasteiger partial charge in [0.1, 0.15) is 5.75 Å². The lowest BCUT2D eigenvalue weighted by molar-refractivity contribution is -0.120. The summed E-state index contributed by atoms with van der Waals surface area (Å²) in [7, 11) is 1.64. The molecular weight excluding hydrogens is 240 g/mol. The summed E-state index contributed by atoms with van der Waals surface area (Å²) in [5.41, 5.74) is 1.08. The van der Waals surface area contributed by atoms with Crippen LogP contribution in [0.4, 0.5) is 0 Å². The zero-order chi connectivity index (χ0) is 13.5. The van der Waals surface area contributed by atoms with Crippen molar-refractivity contribution in [3.8, 4) is 5.75 Å². The summed E-state index contributed by atoms with van der Waals surface area (Å²) in [6, 6.07) is 8.26. The van der Waals surface area contributed by atoms with Crippen LogP contribution < -0.4 is 15.4 Å². The molecule has 4 heteroatoms. The molecule has 104 valence electrons. The average Bonchev–Trinajstić information content (AvgIpc) is 2.96. The molecule has 1 fully saturated rings. The first-order valence-electron chi connectivity index (χ1n) is 6.91. The Kier molecular flexibility index (Phi) is 5.21. The largest absolute Gasteiger partial charge is 0.497 e. The molecule has 4 nitrogen and oxygen atoms in total. The van der Waals surface area contributed by atoms with E-state index in [-0.39, 0.29) is 5.91 Å². The molecule has 0 aliphatic heterocycles. The fourth-order valence-electron chi connectivity index (χ4n) is 2.37. The molecule has 1 aliphatic carbocycles. The smallest absolute Gasteiger partial charge is 0.234 e. The van der Waals surface area contributed by atoms with Gasteiger partial charge in [0, 0.05) is 12.6 Å². The minimum absolute atomic E-state index is 0.0581. The van der Waals surface area contributed by atoms with Crippen LogP contribution in [0.3, 0.4) is 0 Å². The van der Waals surface area contributed by atoms with Gasteiger partial charge in [-0.25, -0.2) is 0 Å². The minimum Gasteiger partial charge on any atom is -0.497 e. The van der Waals surface area contributed by atoms with Crippen molar-refractivity contribution in [1.29, 1.82) is 0 Å². The number of nitrogens with one attached hydrogen (secondary N) is 2. The number of carbonyl (C=O) groups excluding carboxylic acids is 1. The van der Waals surface area contributed by atoms with Gasteiger partial charge in [-0.05, 0) is 30.5 Å². The van der Waals surface area contributed by atoms with Crippen LogP contribution in [0, 0.1) is 0 Å². The second-order valence-corrected chi connectivity index (χ2v) is 4.99. The monoisotopic (exact) mass is 262 g/mol. The Hall–Kier alpha value is -1.55. The zero-order valence-corrected chi connectivity index (χ0v) is 11.4. The maximum Gasteiger partial charge on any atom is 0.234 e. The van der Waals surface area contributed by atoms with E-state index >= 15 is 0 Å². The molecule has 0 bridgehead atoms. The summed E-state index contributed by atoms with van der Waals surface area (Å²) in [4.78, 5) is 11.7. The first-order valence-corrected chi connectivity index (χ1v) is 6.91. The molecule has 1 aromatic carbocycles. The van der Waals surface area contributed by atoms with Crippen LogP contribution in [0.5, 0.6) is 5.75 Å². The molecule has 0 aromatic heterocycles.